The van der Waals surface area contributed by atoms with Crippen LogP contribution < -0.4 is 0 Å². The summed E-state index contributed by atoms with van der Waals surface area (Å²) >= 11 is 0. The first-order valence-corrected chi connectivity index (χ1v) is 5.23. The van der Waals surface area contributed by atoms with Crippen LogP contribution in [0.3, 0.4) is 0 Å². The van der Waals surface area contributed by atoms with Crippen molar-refractivity contribution in [3.05, 3.63) is 71.5 Å². The highest BCUT2D eigenvalue weighted by molar-refractivity contribution is 5.51. The van der Waals surface area contributed by atoms with Gasteiger partial charge in [-0.15, -0.1) is 12.2 Å². The van der Waals surface area contributed by atoms with Crippen molar-refractivity contribution in [1.82, 2.24) is 0 Å². The first-order valence-electron chi connectivity index (χ1n) is 5.23. The summed E-state index contributed by atoms with van der Waals surface area (Å²) in [5, 5.41) is 0. The number of benzene rings is 1. The van der Waals surface area contributed by atoms with Crippen LogP contribution in [0.25, 0.3) is 6.08 Å². The van der Waals surface area contributed by atoms with E-state index in [0.29, 0.717) is 0 Å². The van der Waals surface area contributed by atoms with Gasteiger partial charge in [0.1, 0.15) is 0 Å². The number of hydrogen-bond acceptors (Lipinski definition) is 0. The zero-order valence-corrected chi connectivity index (χ0v) is 8.93. The number of hydrogen-bond donors (Lipinski definition) is 0. The van der Waals surface area contributed by atoms with Gasteiger partial charge in [0.15, 0.2) is 0 Å². The van der Waals surface area contributed by atoms with Crippen molar-refractivity contribution < 1.29 is 0 Å². The molecule has 0 bridgehead atoms. The van der Waals surface area contributed by atoms with Crippen molar-refractivity contribution in [1.29, 1.82) is 0 Å². The van der Waals surface area contributed by atoms with E-state index in [-0.39, 0.29) is 5.92 Å². The Hall–Kier alpha value is -2.22. The molecule has 0 spiro atoms. The standard InChI is InChI=1S/C16H12/c1-2-15-10-6-7-11-16(15)13-12-14-8-4-3-5-9-14/h1,3-12,15H. The fraction of sp³-hybridized carbons (Fsp3) is 0.0625. The summed E-state index contributed by atoms with van der Waals surface area (Å²) in [6.07, 6.45) is 15.4. The van der Waals surface area contributed by atoms with E-state index in [9.17, 15) is 0 Å². The lowest BCUT2D eigenvalue weighted by atomic mass is 9.96. The van der Waals surface area contributed by atoms with Crippen LogP contribution in [-0.4, -0.2) is 0 Å². The van der Waals surface area contributed by atoms with E-state index in [2.05, 4.69) is 11.7 Å². The average molecular weight is 204 g/mol. The van der Waals surface area contributed by atoms with Crippen LogP contribution in [-0.2, 0) is 0 Å². The molecule has 0 nitrogen and oxygen atoms in total. The van der Waals surface area contributed by atoms with Gasteiger partial charge in [-0.05, 0) is 17.7 Å². The Morgan fingerprint density at radius 3 is 2.69 bits per heavy atom. The Morgan fingerprint density at radius 1 is 1.12 bits per heavy atom. The predicted octanol–water partition coefficient (Wildman–Crippen LogP) is 3.60. The zero-order chi connectivity index (χ0) is 11.2. The maximum atomic E-state index is 5.45. The summed E-state index contributed by atoms with van der Waals surface area (Å²) in [5.41, 5.74) is 5.42. The van der Waals surface area contributed by atoms with Gasteiger partial charge in [0, 0.05) is 5.57 Å². The summed E-state index contributed by atoms with van der Waals surface area (Å²) in [5.74, 6) is 2.78. The number of terminal acetylenes is 1. The van der Waals surface area contributed by atoms with Gasteiger partial charge in [0.25, 0.3) is 0 Å². The van der Waals surface area contributed by atoms with Crippen molar-refractivity contribution >= 4 is 6.08 Å². The summed E-state index contributed by atoms with van der Waals surface area (Å²) in [4.78, 5) is 0. The molecule has 0 saturated heterocycles. The third-order valence-corrected chi connectivity index (χ3v) is 2.41. The second-order valence-corrected chi connectivity index (χ2v) is 3.54. The van der Waals surface area contributed by atoms with Gasteiger partial charge in [0.2, 0.25) is 0 Å². The molecule has 76 valence electrons. The molecule has 0 amide bonds. The van der Waals surface area contributed by atoms with Gasteiger partial charge in [-0.2, -0.15) is 0 Å². The molecule has 0 N–H and O–H groups in total. The summed E-state index contributed by atoms with van der Waals surface area (Å²) < 4.78 is 0. The summed E-state index contributed by atoms with van der Waals surface area (Å²) in [7, 11) is 0. The second kappa shape index (κ2) is 5.03. The lowest BCUT2D eigenvalue weighted by Crippen LogP contribution is -1.96. The Labute approximate surface area is 96.3 Å². The Balaban J connectivity index is 2.31. The van der Waals surface area contributed by atoms with Gasteiger partial charge >= 0.3 is 0 Å². The van der Waals surface area contributed by atoms with E-state index >= 15 is 0 Å². The minimum Gasteiger partial charge on any atom is -0.119 e. The van der Waals surface area contributed by atoms with E-state index < -0.39 is 0 Å². The molecule has 1 aromatic carbocycles. The quantitative estimate of drug-likeness (QED) is 0.484. The van der Waals surface area contributed by atoms with E-state index in [1.54, 1.807) is 0 Å². The molecule has 1 unspecified atom stereocenters. The Kier molecular flexibility index (Phi) is 3.24. The lowest BCUT2D eigenvalue weighted by molar-refractivity contribution is 1.04. The highest BCUT2D eigenvalue weighted by Gasteiger charge is 2.05. The second-order valence-electron chi connectivity index (χ2n) is 3.54. The van der Waals surface area contributed by atoms with Crippen LogP contribution in [0.15, 0.2) is 65.9 Å². The van der Waals surface area contributed by atoms with E-state index in [1.807, 2.05) is 60.7 Å². The van der Waals surface area contributed by atoms with Gasteiger partial charge in [-0.1, -0.05) is 54.5 Å². The molecule has 0 radical (unpaired) electrons. The Bertz CT molecular complexity index is 515. The smallest absolute Gasteiger partial charge is 0.0705 e. The minimum absolute atomic E-state index is 0.0463. The SMILES string of the molecule is C#CC1C=CC=CC1=C=Cc1ccccc1. The third-order valence-electron chi connectivity index (χ3n) is 2.41. The molecule has 1 aromatic rings. The zero-order valence-electron chi connectivity index (χ0n) is 8.93. The van der Waals surface area contributed by atoms with Crippen molar-refractivity contribution in [3.8, 4) is 12.3 Å². The normalized spacial score (nSPS) is 17.7. The molecule has 1 aliphatic carbocycles. The van der Waals surface area contributed by atoms with Crippen molar-refractivity contribution in [2.75, 3.05) is 0 Å². The third kappa shape index (κ3) is 2.42. The molecule has 0 heterocycles. The van der Waals surface area contributed by atoms with Crippen LogP contribution in [0.5, 0.6) is 0 Å². The molecule has 0 fully saturated rings. The van der Waals surface area contributed by atoms with Gasteiger partial charge in [0.05, 0.1) is 5.92 Å². The Morgan fingerprint density at radius 2 is 1.94 bits per heavy atom. The van der Waals surface area contributed by atoms with Crippen molar-refractivity contribution in [2.24, 2.45) is 5.92 Å². The first kappa shape index (κ1) is 10.3. The molecule has 0 saturated carbocycles. The van der Waals surface area contributed by atoms with Crippen molar-refractivity contribution in [3.63, 3.8) is 0 Å². The van der Waals surface area contributed by atoms with Crippen LogP contribution in [0.1, 0.15) is 5.56 Å². The fourth-order valence-electron chi connectivity index (χ4n) is 1.54. The average Bonchev–Trinajstić information content (AvgIpc) is 2.38. The van der Waals surface area contributed by atoms with Crippen LogP contribution in [0, 0.1) is 18.3 Å². The molecule has 0 aromatic heterocycles. The van der Waals surface area contributed by atoms with Crippen LogP contribution in [0.2, 0.25) is 0 Å². The van der Waals surface area contributed by atoms with Gasteiger partial charge in [-0.25, -0.2) is 0 Å². The molecule has 1 aliphatic rings. The van der Waals surface area contributed by atoms with Crippen LogP contribution in [0.4, 0.5) is 0 Å². The van der Waals surface area contributed by atoms with Crippen molar-refractivity contribution in [2.45, 2.75) is 0 Å². The summed E-state index contributed by atoms with van der Waals surface area (Å²) in [6, 6.07) is 10.1. The highest BCUT2D eigenvalue weighted by atomic mass is 14.1. The van der Waals surface area contributed by atoms with E-state index in [1.165, 1.54) is 0 Å². The molecule has 16 heavy (non-hydrogen) atoms. The highest BCUT2D eigenvalue weighted by Crippen LogP contribution is 2.17. The topological polar surface area (TPSA) is 0 Å². The maximum absolute atomic E-state index is 5.45. The molecule has 0 heteroatoms. The van der Waals surface area contributed by atoms with Gasteiger partial charge < -0.3 is 0 Å². The first-order chi connectivity index (χ1) is 7.90. The molecular weight excluding hydrogens is 192 g/mol. The largest absolute Gasteiger partial charge is 0.119 e. The molecule has 0 aliphatic heterocycles. The van der Waals surface area contributed by atoms with E-state index in [0.717, 1.165) is 11.1 Å². The monoisotopic (exact) mass is 204 g/mol. The number of allylic oxidation sites excluding steroid dienone is 5. The maximum Gasteiger partial charge on any atom is 0.0705 e. The fourth-order valence-corrected chi connectivity index (χ4v) is 1.54. The number of rotatable bonds is 1. The summed E-state index contributed by atoms with van der Waals surface area (Å²) in [6.45, 7) is 0. The van der Waals surface area contributed by atoms with E-state index in [4.69, 9.17) is 6.42 Å². The predicted molar refractivity (Wildman–Crippen MR) is 68.5 cm³/mol. The van der Waals surface area contributed by atoms with Crippen LogP contribution >= 0.6 is 0 Å². The molecular formula is C16H12. The van der Waals surface area contributed by atoms with Gasteiger partial charge in [-0.3, -0.25) is 0 Å². The molecule has 1 atom stereocenters. The minimum atomic E-state index is 0.0463. The lowest BCUT2D eigenvalue weighted by Gasteiger charge is -2.06. The molecule has 2 rings (SSSR count).